The fourth-order valence-corrected chi connectivity index (χ4v) is 0.431. The third-order valence-electron chi connectivity index (χ3n) is 1.02. The Balaban J connectivity index is 2.22. The van der Waals surface area contributed by atoms with Crippen molar-refractivity contribution >= 4 is 0 Å². The molecule has 1 unspecified atom stereocenters. The summed E-state index contributed by atoms with van der Waals surface area (Å²) in [7, 11) is 0. The molecule has 0 saturated carbocycles. The molecule has 0 aliphatic carbocycles. The maximum absolute atomic E-state index is 5.02. The van der Waals surface area contributed by atoms with Crippen molar-refractivity contribution in [2.45, 2.75) is 12.5 Å². The van der Waals surface area contributed by atoms with Gasteiger partial charge in [0.15, 0.2) is 0 Å². The minimum atomic E-state index is 0.394. The molecule has 0 aromatic carbocycles. The number of rotatable bonds is 0. The van der Waals surface area contributed by atoms with E-state index in [0.717, 1.165) is 13.0 Å². The Kier molecular flexibility index (Phi) is 0.813. The second-order valence-electron chi connectivity index (χ2n) is 1.46. The first-order valence-electron chi connectivity index (χ1n) is 2.13. The molecule has 1 saturated heterocycles. The van der Waals surface area contributed by atoms with Gasteiger partial charge in [-0.15, -0.1) is 6.42 Å². The van der Waals surface area contributed by atoms with Crippen LogP contribution in [-0.4, -0.2) is 12.6 Å². The number of terminal acetylenes is 1. The molecular formula is C5H7N. The highest BCUT2D eigenvalue weighted by molar-refractivity contribution is 5.03. The minimum absolute atomic E-state index is 0.394. The van der Waals surface area contributed by atoms with E-state index in [1.165, 1.54) is 0 Å². The van der Waals surface area contributed by atoms with Gasteiger partial charge in [-0.2, -0.15) is 0 Å². The average Bonchev–Trinajstić information content (AvgIpc) is 1.31. The molecule has 0 amide bonds. The Hall–Kier alpha value is -0.480. The van der Waals surface area contributed by atoms with Gasteiger partial charge < -0.3 is 5.32 Å². The zero-order valence-corrected chi connectivity index (χ0v) is 3.57. The third kappa shape index (κ3) is 0.395. The first-order valence-corrected chi connectivity index (χ1v) is 2.13. The van der Waals surface area contributed by atoms with Crippen LogP contribution < -0.4 is 5.32 Å². The lowest BCUT2D eigenvalue weighted by Crippen LogP contribution is -2.41. The molecule has 32 valence electrons. The molecule has 0 spiro atoms. The van der Waals surface area contributed by atoms with Crippen LogP contribution >= 0.6 is 0 Å². The highest BCUT2D eigenvalue weighted by Crippen LogP contribution is 1.97. The second kappa shape index (κ2) is 1.32. The van der Waals surface area contributed by atoms with Crippen LogP contribution in [0.4, 0.5) is 0 Å². The Morgan fingerprint density at radius 2 is 2.50 bits per heavy atom. The van der Waals surface area contributed by atoms with Crippen molar-refractivity contribution in [2.75, 3.05) is 6.54 Å². The van der Waals surface area contributed by atoms with Crippen LogP contribution in [0.2, 0.25) is 0 Å². The molecular weight excluding hydrogens is 74.1 g/mol. The van der Waals surface area contributed by atoms with E-state index < -0.39 is 0 Å². The van der Waals surface area contributed by atoms with Crippen LogP contribution in [0.5, 0.6) is 0 Å². The van der Waals surface area contributed by atoms with Crippen molar-refractivity contribution in [3.8, 4) is 12.3 Å². The van der Waals surface area contributed by atoms with Crippen LogP contribution in [0.25, 0.3) is 0 Å². The Morgan fingerprint density at radius 1 is 1.83 bits per heavy atom. The largest absolute Gasteiger partial charge is 0.304 e. The van der Waals surface area contributed by atoms with Gasteiger partial charge in [-0.3, -0.25) is 0 Å². The highest BCUT2D eigenvalue weighted by atomic mass is 15.0. The average molecular weight is 81.1 g/mol. The van der Waals surface area contributed by atoms with E-state index in [9.17, 15) is 0 Å². The first kappa shape index (κ1) is 3.70. The molecule has 1 atom stereocenters. The van der Waals surface area contributed by atoms with E-state index in [2.05, 4.69) is 11.2 Å². The summed E-state index contributed by atoms with van der Waals surface area (Å²) in [4.78, 5) is 0. The van der Waals surface area contributed by atoms with Crippen LogP contribution in [0, 0.1) is 12.3 Å². The van der Waals surface area contributed by atoms with Gasteiger partial charge in [0.25, 0.3) is 0 Å². The summed E-state index contributed by atoms with van der Waals surface area (Å²) >= 11 is 0. The van der Waals surface area contributed by atoms with E-state index in [1.54, 1.807) is 0 Å². The quantitative estimate of drug-likeness (QED) is 0.404. The lowest BCUT2D eigenvalue weighted by molar-refractivity contribution is 0.449. The first-order chi connectivity index (χ1) is 2.93. The molecule has 6 heavy (non-hydrogen) atoms. The van der Waals surface area contributed by atoms with Crippen molar-refractivity contribution in [3.63, 3.8) is 0 Å². The molecule has 1 aliphatic heterocycles. The van der Waals surface area contributed by atoms with Gasteiger partial charge in [0.2, 0.25) is 0 Å². The third-order valence-corrected chi connectivity index (χ3v) is 1.02. The number of hydrogen-bond donors (Lipinski definition) is 1. The zero-order chi connectivity index (χ0) is 4.41. The lowest BCUT2D eigenvalue weighted by Gasteiger charge is -2.21. The van der Waals surface area contributed by atoms with E-state index in [4.69, 9.17) is 6.42 Å². The zero-order valence-electron chi connectivity index (χ0n) is 3.57. The maximum atomic E-state index is 5.02. The monoisotopic (exact) mass is 81.1 g/mol. The summed E-state index contributed by atoms with van der Waals surface area (Å²) in [6.07, 6.45) is 6.18. The topological polar surface area (TPSA) is 12.0 Å². The molecule has 1 rings (SSSR count). The molecule has 1 fully saturated rings. The normalized spacial score (nSPS) is 30.8. The van der Waals surface area contributed by atoms with Gasteiger partial charge in [0.1, 0.15) is 0 Å². The SMILES string of the molecule is C#CC1CCN1. The van der Waals surface area contributed by atoms with Crippen LogP contribution in [-0.2, 0) is 0 Å². The van der Waals surface area contributed by atoms with Crippen molar-refractivity contribution in [1.29, 1.82) is 0 Å². The van der Waals surface area contributed by atoms with Gasteiger partial charge >= 0.3 is 0 Å². The minimum Gasteiger partial charge on any atom is -0.304 e. The smallest absolute Gasteiger partial charge is 0.0699 e. The summed E-state index contributed by atoms with van der Waals surface area (Å²) in [5, 5.41) is 3.06. The molecule has 1 N–H and O–H groups in total. The van der Waals surface area contributed by atoms with Gasteiger partial charge in [0, 0.05) is 0 Å². The van der Waals surface area contributed by atoms with Crippen molar-refractivity contribution in [2.24, 2.45) is 0 Å². The second-order valence-corrected chi connectivity index (χ2v) is 1.46. The standard InChI is InChI=1S/C5H7N/c1-2-5-3-4-6-5/h1,5-6H,3-4H2. The van der Waals surface area contributed by atoms with Crippen molar-refractivity contribution in [1.82, 2.24) is 5.32 Å². The van der Waals surface area contributed by atoms with Crippen LogP contribution in [0.1, 0.15) is 6.42 Å². The maximum Gasteiger partial charge on any atom is 0.0699 e. The van der Waals surface area contributed by atoms with Gasteiger partial charge in [-0.05, 0) is 13.0 Å². The molecule has 0 radical (unpaired) electrons. The summed E-state index contributed by atoms with van der Waals surface area (Å²) in [6, 6.07) is 0.394. The van der Waals surface area contributed by atoms with E-state index in [1.807, 2.05) is 0 Å². The highest BCUT2D eigenvalue weighted by Gasteiger charge is 2.10. The number of hydrogen-bond acceptors (Lipinski definition) is 1. The van der Waals surface area contributed by atoms with Crippen LogP contribution in [0.3, 0.4) is 0 Å². The van der Waals surface area contributed by atoms with Gasteiger partial charge in [-0.25, -0.2) is 0 Å². The molecule has 1 aliphatic rings. The molecule has 0 aromatic heterocycles. The fourth-order valence-electron chi connectivity index (χ4n) is 0.431. The van der Waals surface area contributed by atoms with Gasteiger partial charge in [-0.1, -0.05) is 5.92 Å². The van der Waals surface area contributed by atoms with Crippen molar-refractivity contribution in [3.05, 3.63) is 0 Å². The summed E-state index contributed by atoms with van der Waals surface area (Å²) in [5.41, 5.74) is 0. The van der Waals surface area contributed by atoms with Gasteiger partial charge in [0.05, 0.1) is 6.04 Å². The van der Waals surface area contributed by atoms with E-state index in [-0.39, 0.29) is 0 Å². The van der Waals surface area contributed by atoms with Crippen LogP contribution in [0.15, 0.2) is 0 Å². The fraction of sp³-hybridized carbons (Fsp3) is 0.600. The number of nitrogens with one attached hydrogen (secondary N) is 1. The molecule has 1 heterocycles. The summed E-state index contributed by atoms with van der Waals surface area (Å²) in [6.45, 7) is 1.11. The lowest BCUT2D eigenvalue weighted by atomic mass is 10.1. The molecule has 0 bridgehead atoms. The molecule has 1 nitrogen and oxygen atoms in total. The Morgan fingerprint density at radius 3 is 2.50 bits per heavy atom. The summed E-state index contributed by atoms with van der Waals surface area (Å²) in [5.74, 6) is 2.59. The summed E-state index contributed by atoms with van der Waals surface area (Å²) < 4.78 is 0. The van der Waals surface area contributed by atoms with E-state index >= 15 is 0 Å². The molecule has 1 heteroatoms. The predicted molar refractivity (Wildman–Crippen MR) is 25.2 cm³/mol. The molecule has 0 aromatic rings. The van der Waals surface area contributed by atoms with E-state index in [0.29, 0.717) is 6.04 Å². The Bertz CT molecular complexity index is 76.4. The predicted octanol–water partition coefficient (Wildman–Crippen LogP) is -0.0185. The Labute approximate surface area is 37.7 Å². The van der Waals surface area contributed by atoms with Crippen molar-refractivity contribution < 1.29 is 0 Å².